The van der Waals surface area contributed by atoms with Crippen molar-refractivity contribution >= 4 is 5.91 Å². The van der Waals surface area contributed by atoms with Gasteiger partial charge in [0, 0.05) is 31.2 Å². The van der Waals surface area contributed by atoms with E-state index in [0.29, 0.717) is 12.6 Å². The molecule has 1 aliphatic rings. The van der Waals surface area contributed by atoms with Crippen molar-refractivity contribution in [2.75, 3.05) is 26.2 Å². The Bertz CT molecular complexity index is 381. The summed E-state index contributed by atoms with van der Waals surface area (Å²) in [6.07, 6.45) is 2.08. The summed E-state index contributed by atoms with van der Waals surface area (Å²) in [5.74, 6) is 0.103. The fraction of sp³-hybridized carbons (Fsp3) is 0.500. The number of aliphatic hydroxyl groups is 1. The predicted molar refractivity (Wildman–Crippen MR) is 70.5 cm³/mol. The molecule has 0 radical (unpaired) electrons. The highest BCUT2D eigenvalue weighted by Gasteiger charge is 2.23. The number of amides is 1. The first-order valence-corrected chi connectivity index (χ1v) is 6.50. The Morgan fingerprint density at radius 3 is 2.89 bits per heavy atom. The number of benzene rings is 1. The van der Waals surface area contributed by atoms with Crippen molar-refractivity contribution in [1.82, 2.24) is 10.2 Å². The van der Waals surface area contributed by atoms with E-state index in [1.54, 1.807) is 0 Å². The Labute approximate surface area is 108 Å². The van der Waals surface area contributed by atoms with Gasteiger partial charge in [0.1, 0.15) is 0 Å². The molecule has 2 rings (SSSR count). The monoisotopic (exact) mass is 248 g/mol. The van der Waals surface area contributed by atoms with Crippen molar-refractivity contribution in [2.24, 2.45) is 0 Å². The lowest BCUT2D eigenvalue weighted by atomic mass is 10.0. The second-order valence-electron chi connectivity index (χ2n) is 4.63. The van der Waals surface area contributed by atoms with Crippen molar-refractivity contribution in [3.63, 3.8) is 0 Å². The van der Waals surface area contributed by atoms with Crippen molar-refractivity contribution in [3.05, 3.63) is 35.9 Å². The summed E-state index contributed by atoms with van der Waals surface area (Å²) in [6.45, 7) is 2.29. The van der Waals surface area contributed by atoms with Crippen molar-refractivity contribution in [3.8, 4) is 0 Å². The molecule has 1 aromatic rings. The van der Waals surface area contributed by atoms with Crippen LogP contribution in [0.15, 0.2) is 30.3 Å². The molecule has 1 unspecified atom stereocenters. The highest BCUT2D eigenvalue weighted by Crippen LogP contribution is 2.13. The average Bonchev–Trinajstić information content (AvgIpc) is 2.45. The van der Waals surface area contributed by atoms with Crippen LogP contribution < -0.4 is 5.32 Å². The van der Waals surface area contributed by atoms with Gasteiger partial charge < -0.3 is 15.3 Å². The number of hydrogen-bond acceptors (Lipinski definition) is 3. The van der Waals surface area contributed by atoms with Crippen LogP contribution in [0.4, 0.5) is 0 Å². The third-order valence-electron chi connectivity index (χ3n) is 3.27. The number of likely N-dealkylation sites (tertiary alicyclic amines) is 1. The van der Waals surface area contributed by atoms with Crippen LogP contribution in [0, 0.1) is 0 Å². The van der Waals surface area contributed by atoms with Gasteiger partial charge in [-0.1, -0.05) is 18.2 Å². The smallest absolute Gasteiger partial charge is 0.253 e. The second kappa shape index (κ2) is 6.52. The first-order chi connectivity index (χ1) is 8.81. The summed E-state index contributed by atoms with van der Waals surface area (Å²) in [5.41, 5.74) is 0.750. The van der Waals surface area contributed by atoms with E-state index in [4.69, 9.17) is 5.11 Å². The molecule has 98 valence electrons. The third kappa shape index (κ3) is 3.31. The molecule has 1 amide bonds. The fourth-order valence-electron chi connectivity index (χ4n) is 2.36. The summed E-state index contributed by atoms with van der Waals surface area (Å²) < 4.78 is 0. The number of nitrogens with zero attached hydrogens (tertiary/aromatic N) is 1. The lowest BCUT2D eigenvalue weighted by molar-refractivity contribution is 0.0693. The molecule has 0 aliphatic carbocycles. The van der Waals surface area contributed by atoms with Gasteiger partial charge in [0.15, 0.2) is 0 Å². The number of carbonyl (C=O) groups excluding carboxylic acids is 1. The molecule has 1 atom stereocenters. The van der Waals surface area contributed by atoms with Gasteiger partial charge in [-0.15, -0.1) is 0 Å². The number of nitrogens with one attached hydrogen (secondary N) is 1. The summed E-state index contributed by atoms with van der Waals surface area (Å²) >= 11 is 0. The summed E-state index contributed by atoms with van der Waals surface area (Å²) in [4.78, 5) is 14.2. The molecule has 1 aliphatic heterocycles. The van der Waals surface area contributed by atoms with Gasteiger partial charge in [0.25, 0.3) is 5.91 Å². The molecule has 4 nitrogen and oxygen atoms in total. The van der Waals surface area contributed by atoms with E-state index in [2.05, 4.69) is 5.32 Å². The molecule has 0 bridgehead atoms. The molecule has 0 saturated carbocycles. The van der Waals surface area contributed by atoms with Gasteiger partial charge in [0.2, 0.25) is 0 Å². The Hall–Kier alpha value is -1.39. The van der Waals surface area contributed by atoms with Gasteiger partial charge >= 0.3 is 0 Å². The van der Waals surface area contributed by atoms with Crippen LogP contribution in [-0.2, 0) is 0 Å². The third-order valence-corrected chi connectivity index (χ3v) is 3.27. The molecule has 0 spiro atoms. The maximum Gasteiger partial charge on any atom is 0.253 e. The Kier molecular flexibility index (Phi) is 4.73. The minimum Gasteiger partial charge on any atom is -0.395 e. The van der Waals surface area contributed by atoms with E-state index >= 15 is 0 Å². The van der Waals surface area contributed by atoms with Crippen molar-refractivity contribution in [2.45, 2.75) is 18.9 Å². The first kappa shape index (κ1) is 13.1. The molecule has 0 aromatic heterocycles. The van der Waals surface area contributed by atoms with Crippen molar-refractivity contribution < 1.29 is 9.90 Å². The highest BCUT2D eigenvalue weighted by atomic mass is 16.3. The van der Waals surface area contributed by atoms with Gasteiger partial charge in [-0.3, -0.25) is 4.79 Å². The normalized spacial score (nSPS) is 19.8. The lowest BCUT2D eigenvalue weighted by Gasteiger charge is -2.33. The van der Waals surface area contributed by atoms with E-state index in [1.165, 1.54) is 0 Å². The first-order valence-electron chi connectivity index (χ1n) is 6.50. The van der Waals surface area contributed by atoms with Gasteiger partial charge in [-0.25, -0.2) is 0 Å². The lowest BCUT2D eigenvalue weighted by Crippen LogP contribution is -2.48. The number of aliphatic hydroxyl groups excluding tert-OH is 1. The second-order valence-corrected chi connectivity index (χ2v) is 4.63. The van der Waals surface area contributed by atoms with Gasteiger partial charge in [-0.2, -0.15) is 0 Å². The number of piperidine rings is 1. The minimum atomic E-state index is 0.103. The molecule has 18 heavy (non-hydrogen) atoms. The van der Waals surface area contributed by atoms with E-state index < -0.39 is 0 Å². The van der Waals surface area contributed by atoms with Crippen LogP contribution in [-0.4, -0.2) is 48.2 Å². The standard InChI is InChI=1S/C14H20N2O2/c17-10-8-15-13-7-4-9-16(11-13)14(18)12-5-2-1-3-6-12/h1-3,5-6,13,15,17H,4,7-11H2. The Morgan fingerprint density at radius 2 is 2.17 bits per heavy atom. The minimum absolute atomic E-state index is 0.103. The summed E-state index contributed by atoms with van der Waals surface area (Å²) in [5, 5.41) is 12.1. The molecule has 1 fully saturated rings. The van der Waals surface area contributed by atoms with Crippen LogP contribution in [0.3, 0.4) is 0 Å². The Balaban J connectivity index is 1.94. The summed E-state index contributed by atoms with van der Waals surface area (Å²) in [7, 11) is 0. The topological polar surface area (TPSA) is 52.6 Å². The maximum absolute atomic E-state index is 12.3. The molecular formula is C14H20N2O2. The average molecular weight is 248 g/mol. The zero-order chi connectivity index (χ0) is 12.8. The Morgan fingerprint density at radius 1 is 1.39 bits per heavy atom. The van der Waals surface area contributed by atoms with Crippen LogP contribution in [0.5, 0.6) is 0 Å². The molecule has 1 heterocycles. The molecule has 1 aromatic carbocycles. The number of carbonyl (C=O) groups is 1. The molecule has 4 heteroatoms. The van der Waals surface area contributed by atoms with E-state index in [9.17, 15) is 4.79 Å². The van der Waals surface area contributed by atoms with Crippen molar-refractivity contribution in [1.29, 1.82) is 0 Å². The fourth-order valence-corrected chi connectivity index (χ4v) is 2.36. The predicted octanol–water partition coefficient (Wildman–Crippen LogP) is 0.873. The van der Waals surface area contributed by atoms with E-state index in [0.717, 1.165) is 31.5 Å². The van der Waals surface area contributed by atoms with Gasteiger partial charge in [0.05, 0.1) is 6.61 Å². The number of rotatable bonds is 4. The summed E-state index contributed by atoms with van der Waals surface area (Å²) in [6, 6.07) is 9.70. The maximum atomic E-state index is 12.3. The quantitative estimate of drug-likeness (QED) is 0.831. The van der Waals surface area contributed by atoms with Crippen LogP contribution >= 0.6 is 0 Å². The highest BCUT2D eigenvalue weighted by molar-refractivity contribution is 5.94. The zero-order valence-corrected chi connectivity index (χ0v) is 10.5. The number of hydrogen-bond donors (Lipinski definition) is 2. The van der Waals surface area contributed by atoms with E-state index in [1.807, 2.05) is 35.2 Å². The molecule has 2 N–H and O–H groups in total. The van der Waals surface area contributed by atoms with Crippen LogP contribution in [0.1, 0.15) is 23.2 Å². The van der Waals surface area contributed by atoms with Crippen LogP contribution in [0.25, 0.3) is 0 Å². The van der Waals surface area contributed by atoms with Gasteiger partial charge in [-0.05, 0) is 25.0 Å². The molecular weight excluding hydrogens is 228 g/mol. The largest absolute Gasteiger partial charge is 0.395 e. The zero-order valence-electron chi connectivity index (χ0n) is 10.5. The van der Waals surface area contributed by atoms with Crippen LogP contribution in [0.2, 0.25) is 0 Å². The van der Waals surface area contributed by atoms with E-state index in [-0.39, 0.29) is 12.5 Å². The SMILES string of the molecule is O=C(c1ccccc1)N1CCCC(NCCO)C1. The molecule has 1 saturated heterocycles.